The van der Waals surface area contributed by atoms with E-state index in [1.807, 2.05) is 0 Å². The molecule has 8 aliphatic rings. The summed E-state index contributed by atoms with van der Waals surface area (Å²) in [7, 11) is 0. The van der Waals surface area contributed by atoms with Crippen molar-refractivity contribution in [2.24, 2.45) is 35.1 Å². The van der Waals surface area contributed by atoms with Crippen molar-refractivity contribution in [3.63, 3.8) is 0 Å². The Morgan fingerprint density at radius 3 is 1.91 bits per heavy atom. The van der Waals surface area contributed by atoms with Crippen LogP contribution in [-0.4, -0.2) is 45.2 Å². The van der Waals surface area contributed by atoms with Crippen LogP contribution >= 0.6 is 49.1 Å². The molecule has 0 saturated carbocycles. The summed E-state index contributed by atoms with van der Waals surface area (Å²) in [6.07, 6.45) is 0. The Bertz CT molecular complexity index is 903. The van der Waals surface area contributed by atoms with Crippen molar-refractivity contribution in [2.45, 2.75) is 0 Å². The minimum atomic E-state index is -2.70. The Morgan fingerprint density at radius 1 is 0.588 bits per heavy atom. The molecule has 29 nitrogen and oxygen atoms in total. The predicted octanol–water partition coefficient (Wildman–Crippen LogP) is -7.79. The molecule has 8 heterocycles. The summed E-state index contributed by atoms with van der Waals surface area (Å²) >= 11 is -8.52. The molecule has 0 aromatic heterocycles. The normalized spacial score (nSPS) is 61.8. The number of halogens is 4. The van der Waals surface area contributed by atoms with Crippen molar-refractivity contribution in [3.05, 3.63) is 0 Å². The first kappa shape index (κ1) is 24.8. The number of hydrogen-bond acceptors (Lipinski definition) is 23. The van der Waals surface area contributed by atoms with Gasteiger partial charge in [0, 0.05) is 0 Å². The van der Waals surface area contributed by atoms with Crippen LogP contribution in [0, 0.1) is 0 Å². The van der Waals surface area contributed by atoms with Crippen molar-refractivity contribution in [2.75, 3.05) is 2.43 Å². The zero-order valence-corrected chi connectivity index (χ0v) is 24.1. The van der Waals surface area contributed by atoms with Crippen molar-refractivity contribution >= 4 is 49.1 Å². The van der Waals surface area contributed by atoms with Gasteiger partial charge >= 0.3 is 211 Å². The molecule has 0 aromatic rings. The maximum absolute atomic E-state index is 6.08. The van der Waals surface area contributed by atoms with Crippen molar-refractivity contribution in [3.8, 4) is 0 Å². The van der Waals surface area contributed by atoms with Gasteiger partial charge in [0.05, 0.1) is 0 Å². The summed E-state index contributed by atoms with van der Waals surface area (Å²) < 4.78 is 18.6. The first-order valence-electron chi connectivity index (χ1n) is 7.73. The summed E-state index contributed by atoms with van der Waals surface area (Å²) in [6.45, 7) is 0. The van der Waals surface area contributed by atoms with Crippen LogP contribution < -0.4 is 52.6 Å². The van der Waals surface area contributed by atoms with Crippen LogP contribution in [0.4, 0.5) is 0 Å². The fourth-order valence-corrected chi connectivity index (χ4v) is 28.6. The third kappa shape index (κ3) is 4.70. The van der Waals surface area contributed by atoms with E-state index in [-0.39, 0.29) is 10.8 Å². The molecule has 8 fully saturated rings. The first-order chi connectivity index (χ1) is 15.7. The molecule has 34 heavy (non-hydrogen) atoms. The fourth-order valence-electron chi connectivity index (χ4n) is 2.21. The van der Waals surface area contributed by atoms with E-state index in [1.54, 1.807) is 0 Å². The zero-order chi connectivity index (χ0) is 23.8. The van der Waals surface area contributed by atoms with Gasteiger partial charge in [-0.2, -0.15) is 0 Å². The standard InChI is InChI=1S/CH14I4N15O14/c6-15-23-5-2-12(5)25-17(8)32-19(10)28-14(27-15)24-13-21-3-1-4(3)22-16(7,30-19)31-20(11,33-17)34-18(9,26-13)29-15/h1,6-11H2/q+5. The van der Waals surface area contributed by atoms with E-state index < -0.39 is 97.0 Å². The van der Waals surface area contributed by atoms with Crippen molar-refractivity contribution in [1.29, 1.82) is 0 Å². The summed E-state index contributed by atoms with van der Waals surface area (Å²) in [5.41, 5.74) is 0. The van der Waals surface area contributed by atoms with Gasteiger partial charge in [-0.05, 0) is 0 Å². The molecule has 0 amide bonds. The molecule has 8 saturated heterocycles. The third-order valence-electron chi connectivity index (χ3n) is 3.16. The first-order valence-corrected chi connectivity index (χ1v) is 27.9. The molecule has 33 heteroatoms. The van der Waals surface area contributed by atoms with Gasteiger partial charge in [-0.3, -0.25) is 0 Å². The Hall–Kier alpha value is 1.76. The van der Waals surface area contributed by atoms with E-state index in [9.17, 15) is 0 Å². The topological polar surface area (TPSA) is 295 Å². The second-order valence-corrected chi connectivity index (χ2v) is 39.0. The fraction of sp³-hybridized carbons (Fsp3) is 1.00. The number of nitrogens with two attached hydrogens (primary N) is 6. The second-order valence-electron chi connectivity index (χ2n) is 5.89. The molecule has 0 spiro atoms. The number of alkyl halides is 2. The average molecular weight is 968 g/mol. The van der Waals surface area contributed by atoms with E-state index in [2.05, 4.69) is 0 Å². The van der Waals surface area contributed by atoms with Crippen LogP contribution in [0.5, 0.6) is 0 Å². The van der Waals surface area contributed by atoms with Gasteiger partial charge in [0.25, 0.3) is 0 Å². The quantitative estimate of drug-likeness (QED) is 0.0328. The van der Waals surface area contributed by atoms with Crippen LogP contribution in [0.25, 0.3) is 0 Å². The van der Waals surface area contributed by atoms with Crippen molar-refractivity contribution in [1.82, 2.24) is 12.3 Å². The van der Waals surface area contributed by atoms with Crippen LogP contribution in [0.1, 0.15) is 0 Å². The second kappa shape index (κ2) is 7.69. The summed E-state index contributed by atoms with van der Waals surface area (Å²) in [5.74, 6) is 36.3. The van der Waals surface area contributed by atoms with Crippen LogP contribution in [0.2, 0.25) is 0 Å². The molecule has 12 N–H and O–H groups in total. The van der Waals surface area contributed by atoms with Gasteiger partial charge in [0.1, 0.15) is 0 Å². The van der Waals surface area contributed by atoms with Gasteiger partial charge in [-0.15, -0.1) is 0 Å². The van der Waals surface area contributed by atoms with Crippen LogP contribution in [-0.2, 0) is 63.8 Å². The Kier molecular flexibility index (Phi) is 5.61. The number of hydrogen-bond donors (Lipinski definition) is 6. The van der Waals surface area contributed by atoms with Crippen molar-refractivity contribution < 1.29 is 112 Å². The molecule has 0 radical (unpaired) electrons. The van der Waals surface area contributed by atoms with Crippen LogP contribution in [0.15, 0.2) is 0 Å². The monoisotopic (exact) mass is 968 g/mol. The van der Waals surface area contributed by atoms with Gasteiger partial charge in [-0.1, -0.05) is 0 Å². The molecule has 8 rings (SSSR count). The Balaban J connectivity index is 1.45. The van der Waals surface area contributed by atoms with Gasteiger partial charge in [-0.25, -0.2) is 0 Å². The van der Waals surface area contributed by atoms with E-state index >= 15 is 0 Å². The van der Waals surface area contributed by atoms with E-state index in [0.717, 1.165) is 0 Å². The molecule has 0 aromatic carbocycles. The number of quaternary nitrogens is 6. The molecular weight excluding hydrogens is 954 g/mol. The average Bonchev–Trinajstić information content (AvgIpc) is 3.46. The molecule has 0 aliphatic carbocycles. The molecule has 200 valence electrons. The van der Waals surface area contributed by atoms with E-state index in [0.29, 0.717) is 2.43 Å². The number of rotatable bonds is 0. The minimum absolute atomic E-state index is 0.0170. The molecule has 9 unspecified atom stereocenters. The number of nitrogens with zero attached hydrogens (tertiary/aromatic N) is 9. The van der Waals surface area contributed by atoms with Crippen LogP contribution in [0.3, 0.4) is 0 Å². The zero-order valence-electron chi connectivity index (χ0n) is 15.4. The summed E-state index contributed by atoms with van der Waals surface area (Å²) in [4.78, 5) is 58.3. The Morgan fingerprint density at radius 2 is 1.15 bits per heavy atom. The van der Waals surface area contributed by atoms with E-state index in [1.165, 1.54) is 1.49 Å². The molecule has 9 atom stereocenters. The molecule has 8 aliphatic heterocycles. The molecule has 8 bridgehead atoms. The maximum atomic E-state index is 6.08. The van der Waals surface area contributed by atoms with Gasteiger partial charge in [0.2, 0.25) is 0 Å². The predicted molar refractivity (Wildman–Crippen MR) is 94.3 cm³/mol. The summed E-state index contributed by atoms with van der Waals surface area (Å²) in [6, 6.07) is 0. The SMILES string of the molecule is N[N+]12ON3ON4OI5CI5O[N+]5(N)O[N+](N)(O3)O[N+](N)(ON3[I-]I3O1)O[N+](N)(O[N+](N)(O4)O2)O5. The van der Waals surface area contributed by atoms with Gasteiger partial charge in [0.15, 0.2) is 0 Å². The third-order valence-corrected chi connectivity index (χ3v) is 29.4. The van der Waals surface area contributed by atoms with Gasteiger partial charge < -0.3 is 0 Å². The molecular formula is CH14I4N15O14+5. The Labute approximate surface area is 208 Å². The van der Waals surface area contributed by atoms with E-state index in [4.69, 9.17) is 98.9 Å². The summed E-state index contributed by atoms with van der Waals surface area (Å²) in [5, 5.41) is -12.0.